The van der Waals surface area contributed by atoms with Crippen molar-refractivity contribution in [1.82, 2.24) is 29.1 Å². The Balaban J connectivity index is 1.39. The first-order valence-corrected chi connectivity index (χ1v) is 14.9. The number of thiazole rings is 1. The third-order valence-electron chi connectivity index (χ3n) is 6.45. The van der Waals surface area contributed by atoms with E-state index in [1.165, 1.54) is 23.6 Å². The third kappa shape index (κ3) is 7.23. The van der Waals surface area contributed by atoms with Crippen LogP contribution in [0.2, 0.25) is 0 Å². The number of halogens is 3. The summed E-state index contributed by atoms with van der Waals surface area (Å²) < 4.78 is 66.2. The fourth-order valence-corrected chi connectivity index (χ4v) is 7.59. The molecule has 13 nitrogen and oxygen atoms in total. The number of fused-ring (bicyclic) bond motifs is 1. The Morgan fingerprint density at radius 1 is 1.19 bits per heavy atom. The zero-order valence-corrected chi connectivity index (χ0v) is 24.5. The molecule has 0 saturated carbocycles. The Kier molecular flexibility index (Phi) is 9.19. The lowest BCUT2D eigenvalue weighted by Gasteiger charge is -2.35. The average molecular weight is 631 g/mol. The molecule has 1 aliphatic rings. The molecule has 42 heavy (non-hydrogen) atoms. The van der Waals surface area contributed by atoms with Crippen molar-refractivity contribution in [3.05, 3.63) is 35.8 Å². The van der Waals surface area contributed by atoms with Crippen LogP contribution in [0.15, 0.2) is 28.7 Å². The van der Waals surface area contributed by atoms with E-state index < -0.39 is 34.7 Å². The lowest BCUT2D eigenvalue weighted by Crippen LogP contribution is -2.50. The highest BCUT2D eigenvalue weighted by Crippen LogP contribution is 2.30. The number of anilines is 2. The standard InChI is InChI=1S/C24H29F3N8O5S2/c1-14(11-34-7-9-35(10-8-34)42(39,40)21-15(2)31-22(41-21)32-23(37)38)30-19-16-5-4-6-17(18(16)28-13-29-19)20(36)33(3)12-24(25,26)27/h4-6,13-14H,7-12H2,1-3H3,(H,31,32)(H,37,38)(H,28,29,30)/t14-/m0/s1. The number of amides is 2. The summed E-state index contributed by atoms with van der Waals surface area (Å²) in [6.07, 6.45) is -4.63. The maximum atomic E-state index is 13.2. The van der Waals surface area contributed by atoms with Crippen molar-refractivity contribution in [2.75, 3.05) is 56.9 Å². The molecule has 228 valence electrons. The minimum Gasteiger partial charge on any atom is -0.465 e. The highest BCUT2D eigenvalue weighted by atomic mass is 32.2. The van der Waals surface area contributed by atoms with Crippen LogP contribution in [0.1, 0.15) is 23.0 Å². The SMILES string of the molecule is Cc1nc(NC(=O)O)sc1S(=O)(=O)N1CCN(C[C@H](C)Nc2ncnc3c(C(=O)N(C)CC(F)(F)F)cccc23)CC1. The molecule has 0 spiro atoms. The quantitative estimate of drug-likeness (QED) is 0.321. The average Bonchev–Trinajstić information content (AvgIpc) is 3.27. The summed E-state index contributed by atoms with van der Waals surface area (Å²) in [5.74, 6) is -0.403. The fourth-order valence-electron chi connectivity index (χ4n) is 4.62. The number of alkyl halides is 3. The van der Waals surface area contributed by atoms with Crippen LogP contribution in [0, 0.1) is 6.92 Å². The van der Waals surface area contributed by atoms with Gasteiger partial charge in [0.25, 0.3) is 15.9 Å². The zero-order chi connectivity index (χ0) is 30.8. The van der Waals surface area contributed by atoms with Crippen molar-refractivity contribution in [2.24, 2.45) is 0 Å². The number of piperazine rings is 1. The number of carbonyl (C=O) groups excluding carboxylic acids is 1. The van der Waals surface area contributed by atoms with Crippen LogP contribution in [-0.4, -0.2) is 113 Å². The number of nitrogens with one attached hydrogen (secondary N) is 2. The normalized spacial score (nSPS) is 15.9. The molecule has 2 amide bonds. The van der Waals surface area contributed by atoms with Crippen molar-refractivity contribution >= 4 is 55.2 Å². The third-order valence-corrected chi connectivity index (χ3v) is 10.0. The molecule has 4 rings (SSSR count). The minimum atomic E-state index is -4.54. The molecule has 1 aliphatic heterocycles. The molecular formula is C24H29F3N8O5S2. The van der Waals surface area contributed by atoms with Gasteiger partial charge in [-0.25, -0.2) is 28.2 Å². The van der Waals surface area contributed by atoms with Crippen molar-refractivity contribution in [3.8, 4) is 0 Å². The maximum absolute atomic E-state index is 13.2. The number of rotatable bonds is 9. The lowest BCUT2D eigenvalue weighted by molar-refractivity contribution is -0.138. The minimum absolute atomic E-state index is 0.00664. The van der Waals surface area contributed by atoms with Gasteiger partial charge < -0.3 is 15.3 Å². The molecule has 1 aromatic carbocycles. The second-order valence-corrected chi connectivity index (χ2v) is 12.9. The molecule has 1 fully saturated rings. The first-order chi connectivity index (χ1) is 19.7. The van der Waals surface area contributed by atoms with Crippen LogP contribution in [-0.2, 0) is 10.0 Å². The van der Waals surface area contributed by atoms with Gasteiger partial charge in [0.2, 0.25) is 0 Å². The fraction of sp³-hybridized carbons (Fsp3) is 0.458. The van der Waals surface area contributed by atoms with Crippen molar-refractivity contribution in [1.29, 1.82) is 0 Å². The van der Waals surface area contributed by atoms with Gasteiger partial charge in [0.05, 0.1) is 16.8 Å². The Morgan fingerprint density at radius 3 is 2.52 bits per heavy atom. The Bertz CT molecular complexity index is 1580. The molecule has 1 saturated heterocycles. The smallest absolute Gasteiger partial charge is 0.410 e. The molecule has 0 bridgehead atoms. The van der Waals surface area contributed by atoms with Crippen molar-refractivity contribution in [3.63, 3.8) is 0 Å². The van der Waals surface area contributed by atoms with E-state index in [1.807, 2.05) is 6.92 Å². The van der Waals surface area contributed by atoms with E-state index in [0.717, 1.165) is 18.4 Å². The summed E-state index contributed by atoms with van der Waals surface area (Å²) >= 11 is 0.766. The number of hydrogen-bond donors (Lipinski definition) is 3. The molecule has 0 aliphatic carbocycles. The highest BCUT2D eigenvalue weighted by molar-refractivity contribution is 7.91. The number of carboxylic acid groups (broad SMARTS) is 1. The van der Waals surface area contributed by atoms with E-state index in [9.17, 15) is 31.2 Å². The molecule has 3 heterocycles. The second kappa shape index (κ2) is 12.3. The summed E-state index contributed by atoms with van der Waals surface area (Å²) in [5.41, 5.74) is 0.467. The number of nitrogens with zero attached hydrogens (tertiary/aromatic N) is 6. The van der Waals surface area contributed by atoms with Gasteiger partial charge in [0, 0.05) is 51.2 Å². The number of para-hydroxylation sites is 1. The van der Waals surface area contributed by atoms with E-state index in [2.05, 4.69) is 30.5 Å². The number of carbonyl (C=O) groups is 2. The Hall–Kier alpha value is -3.61. The number of aryl methyl sites for hydroxylation is 1. The summed E-state index contributed by atoms with van der Waals surface area (Å²) in [5, 5.41) is 14.7. The van der Waals surface area contributed by atoms with E-state index in [1.54, 1.807) is 12.1 Å². The highest BCUT2D eigenvalue weighted by Gasteiger charge is 2.33. The van der Waals surface area contributed by atoms with Gasteiger partial charge in [-0.15, -0.1) is 0 Å². The van der Waals surface area contributed by atoms with Crippen LogP contribution >= 0.6 is 11.3 Å². The number of aromatic nitrogens is 3. The summed E-state index contributed by atoms with van der Waals surface area (Å²) in [6, 6.07) is 4.48. The van der Waals surface area contributed by atoms with Crippen LogP contribution in [0.4, 0.5) is 28.9 Å². The van der Waals surface area contributed by atoms with E-state index in [4.69, 9.17) is 5.11 Å². The van der Waals surface area contributed by atoms with Gasteiger partial charge in [-0.2, -0.15) is 17.5 Å². The van der Waals surface area contributed by atoms with Gasteiger partial charge >= 0.3 is 12.3 Å². The predicted molar refractivity (Wildman–Crippen MR) is 149 cm³/mol. The zero-order valence-electron chi connectivity index (χ0n) is 22.8. The van der Waals surface area contributed by atoms with Crippen LogP contribution in [0.25, 0.3) is 10.9 Å². The summed E-state index contributed by atoms with van der Waals surface area (Å²) in [4.78, 5) is 38.7. The summed E-state index contributed by atoms with van der Waals surface area (Å²) in [7, 11) is -2.78. The van der Waals surface area contributed by atoms with Crippen molar-refractivity contribution in [2.45, 2.75) is 30.3 Å². The number of benzene rings is 1. The Morgan fingerprint density at radius 2 is 1.88 bits per heavy atom. The van der Waals surface area contributed by atoms with Crippen LogP contribution < -0.4 is 10.6 Å². The number of sulfonamides is 1. The molecule has 0 radical (unpaired) electrons. The van der Waals surface area contributed by atoms with Crippen LogP contribution in [0.3, 0.4) is 0 Å². The van der Waals surface area contributed by atoms with E-state index >= 15 is 0 Å². The molecular weight excluding hydrogens is 601 g/mol. The van der Waals surface area contributed by atoms with E-state index in [0.29, 0.717) is 35.7 Å². The molecule has 1 atom stereocenters. The first-order valence-electron chi connectivity index (χ1n) is 12.7. The Labute approximate surface area is 243 Å². The lowest BCUT2D eigenvalue weighted by atomic mass is 10.1. The monoisotopic (exact) mass is 630 g/mol. The van der Waals surface area contributed by atoms with Gasteiger partial charge in [0.1, 0.15) is 18.7 Å². The second-order valence-electron chi connectivity index (χ2n) is 9.77. The van der Waals surface area contributed by atoms with Gasteiger partial charge in [-0.1, -0.05) is 17.4 Å². The van der Waals surface area contributed by atoms with Crippen molar-refractivity contribution < 1.29 is 36.3 Å². The molecule has 0 unspecified atom stereocenters. The van der Waals surface area contributed by atoms with Gasteiger partial charge in [-0.3, -0.25) is 15.0 Å². The van der Waals surface area contributed by atoms with Crippen LogP contribution in [0.5, 0.6) is 0 Å². The first kappa shape index (κ1) is 31.3. The molecule has 3 aromatic rings. The largest absolute Gasteiger partial charge is 0.465 e. The van der Waals surface area contributed by atoms with Gasteiger partial charge in [0.15, 0.2) is 9.34 Å². The van der Waals surface area contributed by atoms with E-state index in [-0.39, 0.29) is 45.2 Å². The molecule has 18 heteroatoms. The number of hydrogen-bond acceptors (Lipinski definition) is 10. The molecule has 3 N–H and O–H groups in total. The predicted octanol–water partition coefficient (Wildman–Crippen LogP) is 2.93. The topological polar surface area (TPSA) is 161 Å². The summed E-state index contributed by atoms with van der Waals surface area (Å²) in [6.45, 7) is 3.88. The maximum Gasteiger partial charge on any atom is 0.410 e. The molecule has 2 aromatic heterocycles. The van der Waals surface area contributed by atoms with Gasteiger partial charge in [-0.05, 0) is 26.0 Å².